The van der Waals surface area contributed by atoms with Crippen molar-refractivity contribution in [3.8, 4) is 5.75 Å². The number of hydrogen-bond donors (Lipinski definition) is 1. The first-order chi connectivity index (χ1) is 13.4. The lowest BCUT2D eigenvalue weighted by Crippen LogP contribution is -2.50. The van der Waals surface area contributed by atoms with E-state index in [9.17, 15) is 9.59 Å². The molecule has 0 aromatic heterocycles. The molecule has 0 aliphatic heterocycles. The van der Waals surface area contributed by atoms with Crippen LogP contribution in [-0.2, 0) is 16.1 Å². The van der Waals surface area contributed by atoms with E-state index in [4.69, 9.17) is 4.74 Å². The summed E-state index contributed by atoms with van der Waals surface area (Å²) in [4.78, 5) is 27.1. The summed E-state index contributed by atoms with van der Waals surface area (Å²) < 4.78 is 6.60. The fraction of sp³-hybridized carbons (Fsp3) is 0.364. The van der Waals surface area contributed by atoms with Crippen molar-refractivity contribution in [2.24, 2.45) is 0 Å². The van der Waals surface area contributed by atoms with E-state index in [2.05, 4.69) is 21.2 Å². The number of rotatable bonds is 9. The van der Waals surface area contributed by atoms with E-state index in [0.29, 0.717) is 25.3 Å². The molecule has 0 spiro atoms. The number of carbonyl (C=O) groups excluding carboxylic acids is 2. The molecule has 1 atom stereocenters. The molecule has 150 valence electrons. The average molecular weight is 447 g/mol. The minimum Gasteiger partial charge on any atom is -0.484 e. The largest absolute Gasteiger partial charge is 0.484 e. The van der Waals surface area contributed by atoms with Crippen LogP contribution in [0.25, 0.3) is 0 Å². The number of halogens is 1. The van der Waals surface area contributed by atoms with Crippen LogP contribution in [0.3, 0.4) is 0 Å². The van der Waals surface area contributed by atoms with Crippen molar-refractivity contribution in [1.29, 1.82) is 0 Å². The number of nitrogens with one attached hydrogen (secondary N) is 1. The summed E-state index contributed by atoms with van der Waals surface area (Å²) in [6, 6.07) is 14.7. The fourth-order valence-electron chi connectivity index (χ4n) is 2.98. The first-order valence-corrected chi connectivity index (χ1v) is 10.2. The Bertz CT molecular complexity index is 793. The van der Waals surface area contributed by atoms with Crippen LogP contribution in [0.2, 0.25) is 0 Å². The van der Waals surface area contributed by atoms with E-state index in [1.165, 1.54) is 0 Å². The van der Waals surface area contributed by atoms with Crippen LogP contribution >= 0.6 is 15.9 Å². The van der Waals surface area contributed by atoms with Crippen LogP contribution in [0.15, 0.2) is 53.0 Å². The van der Waals surface area contributed by atoms with Crippen molar-refractivity contribution in [3.63, 3.8) is 0 Å². The molecule has 2 aromatic rings. The van der Waals surface area contributed by atoms with Gasteiger partial charge in [0.15, 0.2) is 6.61 Å². The summed E-state index contributed by atoms with van der Waals surface area (Å²) in [5, 5.41) is 2.83. The number of aryl methyl sites for hydroxylation is 1. The summed E-state index contributed by atoms with van der Waals surface area (Å²) in [5.41, 5.74) is 2.10. The van der Waals surface area contributed by atoms with Gasteiger partial charge in [0, 0.05) is 17.6 Å². The zero-order chi connectivity index (χ0) is 20.5. The van der Waals surface area contributed by atoms with Crippen molar-refractivity contribution in [2.75, 3.05) is 13.2 Å². The van der Waals surface area contributed by atoms with E-state index in [-0.39, 0.29) is 18.4 Å². The lowest BCUT2D eigenvalue weighted by atomic mass is 10.1. The molecule has 0 saturated carbocycles. The molecule has 0 heterocycles. The van der Waals surface area contributed by atoms with Gasteiger partial charge in [-0.25, -0.2) is 0 Å². The van der Waals surface area contributed by atoms with Crippen LogP contribution < -0.4 is 10.1 Å². The maximum atomic E-state index is 13.0. The van der Waals surface area contributed by atoms with E-state index in [1.807, 2.05) is 57.2 Å². The molecule has 0 radical (unpaired) electrons. The molecule has 5 nitrogen and oxygen atoms in total. The van der Waals surface area contributed by atoms with E-state index < -0.39 is 6.04 Å². The Morgan fingerprint density at radius 2 is 1.86 bits per heavy atom. The van der Waals surface area contributed by atoms with Crippen LogP contribution in [0.5, 0.6) is 5.75 Å². The molecule has 0 saturated heterocycles. The molecule has 1 N–H and O–H groups in total. The van der Waals surface area contributed by atoms with Crippen LogP contribution in [-0.4, -0.2) is 35.9 Å². The van der Waals surface area contributed by atoms with Gasteiger partial charge in [0.05, 0.1) is 0 Å². The summed E-state index contributed by atoms with van der Waals surface area (Å²) >= 11 is 3.38. The van der Waals surface area contributed by atoms with Gasteiger partial charge in [0.2, 0.25) is 5.91 Å². The van der Waals surface area contributed by atoms with E-state index in [0.717, 1.165) is 15.6 Å². The number of benzene rings is 2. The fourth-order valence-corrected chi connectivity index (χ4v) is 3.24. The summed E-state index contributed by atoms with van der Waals surface area (Å²) in [5.74, 6) is 0.246. The molecule has 0 aliphatic rings. The second kappa shape index (κ2) is 10.9. The van der Waals surface area contributed by atoms with Crippen molar-refractivity contribution in [3.05, 3.63) is 64.1 Å². The molecular weight excluding hydrogens is 420 g/mol. The van der Waals surface area contributed by atoms with Crippen molar-refractivity contribution < 1.29 is 14.3 Å². The summed E-state index contributed by atoms with van der Waals surface area (Å²) in [6.07, 6.45) is 0.529. The molecular formula is C22H27BrN2O3. The maximum Gasteiger partial charge on any atom is 0.261 e. The third kappa shape index (κ3) is 6.37. The van der Waals surface area contributed by atoms with Gasteiger partial charge in [0.25, 0.3) is 5.91 Å². The predicted molar refractivity (Wildman–Crippen MR) is 114 cm³/mol. The highest BCUT2D eigenvalue weighted by atomic mass is 79.9. The Morgan fingerprint density at radius 3 is 2.46 bits per heavy atom. The lowest BCUT2D eigenvalue weighted by Gasteiger charge is -2.30. The topological polar surface area (TPSA) is 58.6 Å². The highest BCUT2D eigenvalue weighted by Gasteiger charge is 2.28. The van der Waals surface area contributed by atoms with Gasteiger partial charge in [-0.3, -0.25) is 9.59 Å². The Kier molecular flexibility index (Phi) is 8.51. The van der Waals surface area contributed by atoms with Crippen molar-refractivity contribution >= 4 is 27.7 Å². The number of carbonyl (C=O) groups is 2. The van der Waals surface area contributed by atoms with Crippen LogP contribution in [0.4, 0.5) is 0 Å². The Morgan fingerprint density at radius 1 is 1.14 bits per heavy atom. The Labute approximate surface area is 175 Å². The van der Waals surface area contributed by atoms with Gasteiger partial charge in [-0.15, -0.1) is 0 Å². The summed E-state index contributed by atoms with van der Waals surface area (Å²) in [6.45, 7) is 6.55. The molecule has 6 heteroatoms. The SMILES string of the molecule is CCNC(=O)[C@H](CC)N(Cc1cccc(C)c1)C(=O)COc1ccc(Br)cc1. The first kappa shape index (κ1) is 22.0. The molecule has 2 amide bonds. The van der Waals surface area contributed by atoms with Gasteiger partial charge in [0.1, 0.15) is 11.8 Å². The van der Waals surface area contributed by atoms with E-state index in [1.54, 1.807) is 17.0 Å². The standard InChI is InChI=1S/C22H27BrN2O3/c1-4-20(22(27)24-5-2)25(14-17-8-6-7-16(3)13-17)21(26)15-28-19-11-9-18(23)10-12-19/h6-13,20H,4-5,14-15H2,1-3H3,(H,24,27)/t20-/m0/s1. The number of hydrogen-bond acceptors (Lipinski definition) is 3. The maximum absolute atomic E-state index is 13.0. The summed E-state index contributed by atoms with van der Waals surface area (Å²) in [7, 11) is 0. The smallest absolute Gasteiger partial charge is 0.261 e. The molecule has 28 heavy (non-hydrogen) atoms. The van der Waals surface area contributed by atoms with Gasteiger partial charge < -0.3 is 15.0 Å². The first-order valence-electron chi connectivity index (χ1n) is 9.45. The van der Waals surface area contributed by atoms with Crippen molar-refractivity contribution in [2.45, 2.75) is 39.8 Å². The van der Waals surface area contributed by atoms with E-state index >= 15 is 0 Å². The van der Waals surface area contributed by atoms with Gasteiger partial charge in [-0.05, 0) is 50.1 Å². The molecule has 0 bridgehead atoms. The van der Waals surface area contributed by atoms with Crippen LogP contribution in [0.1, 0.15) is 31.4 Å². The molecule has 0 unspecified atom stereocenters. The number of likely N-dealkylation sites (N-methyl/N-ethyl adjacent to an activating group) is 1. The minimum absolute atomic E-state index is 0.122. The zero-order valence-corrected chi connectivity index (χ0v) is 18.2. The lowest BCUT2D eigenvalue weighted by molar-refractivity contribution is -0.142. The third-order valence-electron chi connectivity index (χ3n) is 4.35. The number of amides is 2. The molecule has 0 fully saturated rings. The predicted octanol–water partition coefficient (Wildman–Crippen LogP) is 4.08. The Balaban J connectivity index is 2.18. The highest BCUT2D eigenvalue weighted by Crippen LogP contribution is 2.17. The van der Waals surface area contributed by atoms with Gasteiger partial charge in [-0.1, -0.05) is 52.7 Å². The second-order valence-corrected chi connectivity index (χ2v) is 7.49. The zero-order valence-electron chi connectivity index (χ0n) is 16.6. The molecule has 0 aliphatic carbocycles. The van der Waals surface area contributed by atoms with Gasteiger partial charge in [-0.2, -0.15) is 0 Å². The number of ether oxygens (including phenoxy) is 1. The number of nitrogens with zero attached hydrogens (tertiary/aromatic N) is 1. The average Bonchev–Trinajstić information content (AvgIpc) is 2.67. The van der Waals surface area contributed by atoms with Gasteiger partial charge >= 0.3 is 0 Å². The third-order valence-corrected chi connectivity index (χ3v) is 4.88. The molecule has 2 rings (SSSR count). The van der Waals surface area contributed by atoms with Crippen LogP contribution in [0, 0.1) is 6.92 Å². The molecule has 2 aromatic carbocycles. The normalized spacial score (nSPS) is 11.6. The minimum atomic E-state index is -0.540. The van der Waals surface area contributed by atoms with Crippen molar-refractivity contribution in [1.82, 2.24) is 10.2 Å². The highest BCUT2D eigenvalue weighted by molar-refractivity contribution is 9.10. The Hall–Kier alpha value is -2.34. The second-order valence-electron chi connectivity index (χ2n) is 6.57. The monoisotopic (exact) mass is 446 g/mol. The quantitative estimate of drug-likeness (QED) is 0.630.